The van der Waals surface area contributed by atoms with Gasteiger partial charge in [-0.3, -0.25) is 14.5 Å². The molecule has 3 rings (SSSR count). The molecular formula is C13H15N3O3S. The summed E-state index contributed by atoms with van der Waals surface area (Å²) in [6.07, 6.45) is 0.943. The third-order valence-electron chi connectivity index (χ3n) is 4.00. The fourth-order valence-electron chi connectivity index (χ4n) is 2.74. The van der Waals surface area contributed by atoms with E-state index in [1.165, 1.54) is 18.4 Å². The Morgan fingerprint density at radius 1 is 1.35 bits per heavy atom. The zero-order chi connectivity index (χ0) is 14.3. The number of rotatable bonds is 1. The monoisotopic (exact) mass is 293 g/mol. The van der Waals surface area contributed by atoms with Crippen LogP contribution in [0.2, 0.25) is 0 Å². The molecule has 0 bridgehead atoms. The summed E-state index contributed by atoms with van der Waals surface area (Å²) in [7, 11) is 1.48. The number of hydrogen-bond acceptors (Lipinski definition) is 4. The van der Waals surface area contributed by atoms with E-state index in [2.05, 4.69) is 5.32 Å². The third kappa shape index (κ3) is 1.89. The number of nitrogens with one attached hydrogen (secondary N) is 1. The van der Waals surface area contributed by atoms with Gasteiger partial charge < -0.3 is 10.2 Å². The molecule has 2 aliphatic heterocycles. The van der Waals surface area contributed by atoms with Crippen molar-refractivity contribution in [2.45, 2.75) is 18.4 Å². The van der Waals surface area contributed by atoms with E-state index in [4.69, 9.17) is 0 Å². The van der Waals surface area contributed by atoms with Crippen molar-refractivity contribution in [1.82, 2.24) is 15.1 Å². The van der Waals surface area contributed by atoms with Gasteiger partial charge in [-0.05, 0) is 24.3 Å². The van der Waals surface area contributed by atoms with Gasteiger partial charge >= 0.3 is 6.03 Å². The molecule has 3 heterocycles. The summed E-state index contributed by atoms with van der Waals surface area (Å²) in [4.78, 5) is 39.5. The molecule has 0 aliphatic carbocycles. The topological polar surface area (TPSA) is 69.7 Å². The summed E-state index contributed by atoms with van der Waals surface area (Å²) in [6, 6.07) is 3.29. The smallest absolute Gasteiger partial charge is 0.324 e. The molecular weight excluding hydrogens is 278 g/mol. The largest absolute Gasteiger partial charge is 0.338 e. The number of nitrogens with zero attached hydrogens (tertiary/aromatic N) is 2. The quantitative estimate of drug-likeness (QED) is 0.782. The molecule has 0 radical (unpaired) electrons. The summed E-state index contributed by atoms with van der Waals surface area (Å²) in [6.45, 7) is 0.965. The van der Waals surface area contributed by atoms with E-state index in [-0.39, 0.29) is 17.8 Å². The molecule has 1 spiro atoms. The Bertz CT molecular complexity index is 561. The second-order valence-electron chi connectivity index (χ2n) is 5.15. The highest BCUT2D eigenvalue weighted by Gasteiger charge is 2.51. The van der Waals surface area contributed by atoms with Crippen LogP contribution in [0.5, 0.6) is 0 Å². The molecule has 2 saturated heterocycles. The molecule has 2 fully saturated rings. The summed E-state index contributed by atoms with van der Waals surface area (Å²) in [5, 5.41) is 4.63. The number of amides is 4. The Morgan fingerprint density at radius 3 is 2.55 bits per heavy atom. The first kappa shape index (κ1) is 13.1. The van der Waals surface area contributed by atoms with Crippen LogP contribution >= 0.6 is 11.3 Å². The molecule has 0 aromatic carbocycles. The highest BCUT2D eigenvalue weighted by Crippen LogP contribution is 2.29. The number of carbonyl (C=O) groups excluding carboxylic acids is 3. The average molecular weight is 293 g/mol. The highest BCUT2D eigenvalue weighted by atomic mass is 32.1. The van der Waals surface area contributed by atoms with E-state index in [0.717, 1.165) is 4.90 Å². The number of likely N-dealkylation sites (N-methyl/N-ethyl adjacent to an activating group) is 1. The number of piperidine rings is 1. The fourth-order valence-corrected chi connectivity index (χ4v) is 3.43. The van der Waals surface area contributed by atoms with E-state index in [0.29, 0.717) is 30.8 Å². The summed E-state index contributed by atoms with van der Waals surface area (Å²) < 4.78 is 0. The number of likely N-dealkylation sites (tertiary alicyclic amines) is 1. The van der Waals surface area contributed by atoms with Gasteiger partial charge in [0.05, 0.1) is 4.88 Å². The van der Waals surface area contributed by atoms with Crippen LogP contribution in [0.1, 0.15) is 22.5 Å². The molecule has 0 saturated carbocycles. The SMILES string of the molecule is CN1C(=O)NC2(CCN(C(=O)c3cccs3)CC2)C1=O. The van der Waals surface area contributed by atoms with Crippen LogP contribution in [-0.2, 0) is 4.79 Å². The van der Waals surface area contributed by atoms with Gasteiger partial charge in [-0.2, -0.15) is 0 Å². The van der Waals surface area contributed by atoms with Gasteiger partial charge in [0.25, 0.3) is 11.8 Å². The second-order valence-corrected chi connectivity index (χ2v) is 6.09. The Kier molecular flexibility index (Phi) is 3.01. The summed E-state index contributed by atoms with van der Waals surface area (Å²) in [5.74, 6) is -0.189. The third-order valence-corrected chi connectivity index (χ3v) is 4.86. The Morgan fingerprint density at radius 2 is 2.05 bits per heavy atom. The van der Waals surface area contributed by atoms with E-state index in [1.54, 1.807) is 11.0 Å². The van der Waals surface area contributed by atoms with Gasteiger partial charge in [-0.25, -0.2) is 4.79 Å². The van der Waals surface area contributed by atoms with E-state index in [9.17, 15) is 14.4 Å². The van der Waals surface area contributed by atoms with Gasteiger partial charge in [0.1, 0.15) is 5.54 Å². The lowest BCUT2D eigenvalue weighted by Gasteiger charge is -2.37. The van der Waals surface area contributed by atoms with Crippen LogP contribution in [0, 0.1) is 0 Å². The Balaban J connectivity index is 1.70. The summed E-state index contributed by atoms with van der Waals surface area (Å²) in [5.41, 5.74) is -0.807. The van der Waals surface area contributed by atoms with E-state index >= 15 is 0 Å². The van der Waals surface area contributed by atoms with Crippen molar-refractivity contribution >= 4 is 29.2 Å². The van der Waals surface area contributed by atoms with Crippen LogP contribution in [0.15, 0.2) is 17.5 Å². The van der Waals surface area contributed by atoms with Crippen LogP contribution in [-0.4, -0.2) is 53.3 Å². The van der Waals surface area contributed by atoms with Gasteiger partial charge in [0.2, 0.25) is 0 Å². The molecule has 1 aromatic heterocycles. The zero-order valence-electron chi connectivity index (χ0n) is 11.1. The van der Waals surface area contributed by atoms with Crippen LogP contribution in [0.3, 0.4) is 0 Å². The number of urea groups is 1. The van der Waals surface area contributed by atoms with Gasteiger partial charge in [-0.1, -0.05) is 6.07 Å². The second kappa shape index (κ2) is 4.59. The van der Waals surface area contributed by atoms with Crippen LogP contribution in [0.25, 0.3) is 0 Å². The number of imide groups is 1. The molecule has 7 heteroatoms. The first-order chi connectivity index (χ1) is 9.53. The van der Waals surface area contributed by atoms with Crippen molar-refractivity contribution in [1.29, 1.82) is 0 Å². The average Bonchev–Trinajstić information content (AvgIpc) is 3.05. The van der Waals surface area contributed by atoms with Crippen LogP contribution < -0.4 is 5.32 Å². The molecule has 2 aliphatic rings. The van der Waals surface area contributed by atoms with Crippen molar-refractivity contribution in [2.24, 2.45) is 0 Å². The van der Waals surface area contributed by atoms with Gasteiger partial charge in [-0.15, -0.1) is 11.3 Å². The van der Waals surface area contributed by atoms with E-state index < -0.39 is 5.54 Å². The minimum Gasteiger partial charge on any atom is -0.338 e. The Hall–Kier alpha value is -1.89. The molecule has 1 N–H and O–H groups in total. The standard InChI is InChI=1S/C13H15N3O3S/c1-15-11(18)13(14-12(15)19)4-6-16(7-5-13)10(17)9-3-2-8-20-9/h2-3,8H,4-7H2,1H3,(H,14,19). The molecule has 1 aromatic rings. The van der Waals surface area contributed by atoms with Gasteiger partial charge in [0, 0.05) is 20.1 Å². The van der Waals surface area contributed by atoms with Crippen molar-refractivity contribution < 1.29 is 14.4 Å². The fraction of sp³-hybridized carbons (Fsp3) is 0.462. The molecule has 20 heavy (non-hydrogen) atoms. The minimum atomic E-state index is -0.807. The van der Waals surface area contributed by atoms with Crippen molar-refractivity contribution in [2.75, 3.05) is 20.1 Å². The molecule has 6 nitrogen and oxygen atoms in total. The maximum absolute atomic E-state index is 12.2. The number of carbonyl (C=O) groups is 3. The summed E-state index contributed by atoms with van der Waals surface area (Å²) >= 11 is 1.41. The molecule has 106 valence electrons. The first-order valence-electron chi connectivity index (χ1n) is 6.47. The maximum atomic E-state index is 12.2. The van der Waals surface area contributed by atoms with Crippen molar-refractivity contribution in [3.05, 3.63) is 22.4 Å². The first-order valence-corrected chi connectivity index (χ1v) is 7.34. The number of thiophene rings is 1. The van der Waals surface area contributed by atoms with E-state index in [1.807, 2.05) is 11.4 Å². The zero-order valence-corrected chi connectivity index (χ0v) is 11.9. The lowest BCUT2D eigenvalue weighted by Crippen LogP contribution is -2.55. The highest BCUT2D eigenvalue weighted by molar-refractivity contribution is 7.12. The number of hydrogen-bond donors (Lipinski definition) is 1. The van der Waals surface area contributed by atoms with Crippen molar-refractivity contribution in [3.8, 4) is 0 Å². The van der Waals surface area contributed by atoms with Crippen molar-refractivity contribution in [3.63, 3.8) is 0 Å². The van der Waals surface area contributed by atoms with Gasteiger partial charge in [0.15, 0.2) is 0 Å². The Labute approximate surface area is 120 Å². The maximum Gasteiger partial charge on any atom is 0.324 e. The van der Waals surface area contributed by atoms with Crippen LogP contribution in [0.4, 0.5) is 4.79 Å². The minimum absolute atomic E-state index is 0.0000213. The molecule has 4 amide bonds. The predicted octanol–water partition coefficient (Wildman–Crippen LogP) is 0.904. The molecule has 0 unspecified atom stereocenters. The predicted molar refractivity (Wildman–Crippen MR) is 73.5 cm³/mol. The molecule has 0 atom stereocenters. The lowest BCUT2D eigenvalue weighted by atomic mass is 9.87. The lowest BCUT2D eigenvalue weighted by molar-refractivity contribution is -0.131. The normalized spacial score (nSPS) is 21.4.